The number of unbranched alkanes of at least 4 members (excludes halogenated alkanes) is 19. The van der Waals surface area contributed by atoms with E-state index in [4.69, 9.17) is 14.8 Å². The summed E-state index contributed by atoms with van der Waals surface area (Å²) in [4.78, 5) is 22.6. The zero-order valence-corrected chi connectivity index (χ0v) is 32.9. The van der Waals surface area contributed by atoms with Gasteiger partial charge < -0.3 is 26.2 Å². The minimum atomic E-state index is -4.40. The summed E-state index contributed by atoms with van der Waals surface area (Å²) in [5.74, 6) is -0.466. The van der Waals surface area contributed by atoms with Gasteiger partial charge in [-0.3, -0.25) is 13.8 Å². The van der Waals surface area contributed by atoms with Gasteiger partial charge in [0.05, 0.1) is 37.9 Å². The van der Waals surface area contributed by atoms with Crippen molar-refractivity contribution in [2.24, 2.45) is 5.73 Å². The molecule has 0 aliphatic carbocycles. The van der Waals surface area contributed by atoms with Crippen molar-refractivity contribution in [3.63, 3.8) is 0 Å². The number of nitrogens with two attached hydrogens (primary N) is 1. The highest BCUT2D eigenvalue weighted by molar-refractivity contribution is 7.47. The number of hydrogen-bond donors (Lipinski definition) is 5. The van der Waals surface area contributed by atoms with Gasteiger partial charge in [0.2, 0.25) is 5.91 Å². The predicted molar refractivity (Wildman–Crippen MR) is 209 cm³/mol. The van der Waals surface area contributed by atoms with Gasteiger partial charge in [0.1, 0.15) is 0 Å². The third-order valence-electron chi connectivity index (χ3n) is 8.72. The molecule has 4 atom stereocenters. The van der Waals surface area contributed by atoms with Gasteiger partial charge in [0.25, 0.3) is 0 Å². The number of phosphoric acid groups is 1. The molecule has 1 amide bonds. The van der Waals surface area contributed by atoms with Crippen molar-refractivity contribution in [1.82, 2.24) is 5.32 Å². The highest BCUT2D eigenvalue weighted by atomic mass is 31.2. The Morgan fingerprint density at radius 1 is 0.680 bits per heavy atom. The van der Waals surface area contributed by atoms with E-state index >= 15 is 0 Å². The number of aliphatic hydroxyl groups is 2. The molecule has 0 aromatic heterocycles. The summed E-state index contributed by atoms with van der Waals surface area (Å²) >= 11 is 0. The van der Waals surface area contributed by atoms with E-state index in [1.54, 1.807) is 6.08 Å². The molecule has 0 rings (SSSR count). The molecule has 0 saturated heterocycles. The van der Waals surface area contributed by atoms with Gasteiger partial charge in [-0.15, -0.1) is 0 Å². The van der Waals surface area contributed by atoms with Crippen molar-refractivity contribution in [3.8, 4) is 0 Å². The maximum Gasteiger partial charge on any atom is 0.472 e. The smallest absolute Gasteiger partial charge is 0.393 e. The first-order valence-corrected chi connectivity index (χ1v) is 21.7. The average Bonchev–Trinajstić information content (AvgIpc) is 3.09. The molecule has 0 aromatic rings. The monoisotopic (exact) mass is 729 g/mol. The van der Waals surface area contributed by atoms with E-state index < -0.39 is 38.6 Å². The first-order chi connectivity index (χ1) is 24.3. The van der Waals surface area contributed by atoms with E-state index in [1.807, 2.05) is 0 Å². The summed E-state index contributed by atoms with van der Waals surface area (Å²) in [7, 11) is -4.40. The van der Waals surface area contributed by atoms with Crippen LogP contribution in [0.25, 0.3) is 0 Å². The second kappa shape index (κ2) is 36.1. The van der Waals surface area contributed by atoms with Crippen LogP contribution in [0.5, 0.6) is 0 Å². The fourth-order valence-corrected chi connectivity index (χ4v) is 6.42. The van der Waals surface area contributed by atoms with E-state index in [9.17, 15) is 24.5 Å². The van der Waals surface area contributed by atoms with Crippen LogP contribution in [0.15, 0.2) is 36.5 Å². The third-order valence-corrected chi connectivity index (χ3v) is 9.71. The number of carbonyl (C=O) groups excluding carboxylic acids is 1. The summed E-state index contributed by atoms with van der Waals surface area (Å²) in [5, 5.41) is 23.8. The van der Waals surface area contributed by atoms with E-state index in [1.165, 1.54) is 96.0 Å². The summed E-state index contributed by atoms with van der Waals surface area (Å²) in [6.45, 7) is 3.82. The van der Waals surface area contributed by atoms with Crippen molar-refractivity contribution in [2.75, 3.05) is 19.8 Å². The van der Waals surface area contributed by atoms with Crippen molar-refractivity contribution >= 4 is 13.7 Å². The molecule has 6 N–H and O–H groups in total. The molecule has 4 unspecified atom stereocenters. The quantitative estimate of drug-likeness (QED) is 0.0241. The van der Waals surface area contributed by atoms with Crippen LogP contribution in [0.1, 0.15) is 174 Å². The van der Waals surface area contributed by atoms with Crippen molar-refractivity contribution in [3.05, 3.63) is 36.5 Å². The van der Waals surface area contributed by atoms with Gasteiger partial charge in [-0.1, -0.05) is 153 Å². The number of amides is 1. The molecule has 294 valence electrons. The zero-order valence-electron chi connectivity index (χ0n) is 32.0. The Bertz CT molecular complexity index is 899. The Morgan fingerprint density at radius 3 is 1.74 bits per heavy atom. The second-order valence-corrected chi connectivity index (χ2v) is 15.1. The average molecular weight is 729 g/mol. The first-order valence-electron chi connectivity index (χ1n) is 20.2. The summed E-state index contributed by atoms with van der Waals surface area (Å²) in [5.41, 5.74) is 5.33. The number of allylic oxidation sites excluding steroid dienone is 5. The molecular formula is C40H77N2O7P. The highest BCUT2D eigenvalue weighted by Crippen LogP contribution is 2.43. The van der Waals surface area contributed by atoms with E-state index in [2.05, 4.69) is 43.5 Å². The molecular weight excluding hydrogens is 651 g/mol. The largest absolute Gasteiger partial charge is 0.472 e. The summed E-state index contributed by atoms with van der Waals surface area (Å²) < 4.78 is 21.9. The van der Waals surface area contributed by atoms with Gasteiger partial charge in [-0.05, 0) is 51.4 Å². The maximum absolute atomic E-state index is 12.7. The fourth-order valence-electron chi connectivity index (χ4n) is 5.66. The van der Waals surface area contributed by atoms with Crippen molar-refractivity contribution in [2.45, 2.75) is 193 Å². The number of nitrogens with one attached hydrogen (secondary N) is 1. The first kappa shape index (κ1) is 48.7. The molecule has 0 aliphatic rings. The van der Waals surface area contributed by atoms with Crippen LogP contribution in [0.3, 0.4) is 0 Å². The standard InChI is InChI=1S/C40H77N2O7P/c1-3-5-7-9-11-12-13-14-15-16-17-18-19-20-21-22-23-24-26-27-29-31-37(43)35-40(45)42-38(36-49-50(46,47)48-34-33-41)39(44)32-30-28-25-10-8-6-4-2/h8,10,20-21,30,32,37-39,43-44H,3-7,9,11-19,22-29,31,33-36,41H2,1-2H3,(H,42,45)(H,46,47)/b10-8+,21-20-,32-30+. The van der Waals surface area contributed by atoms with Gasteiger partial charge in [-0.2, -0.15) is 0 Å². The minimum absolute atomic E-state index is 0.0426. The lowest BCUT2D eigenvalue weighted by Crippen LogP contribution is -2.46. The third kappa shape index (κ3) is 33.8. The van der Waals surface area contributed by atoms with Gasteiger partial charge >= 0.3 is 7.82 Å². The van der Waals surface area contributed by atoms with Gasteiger partial charge in [-0.25, -0.2) is 4.57 Å². The number of aliphatic hydroxyl groups excluding tert-OH is 2. The molecule has 9 nitrogen and oxygen atoms in total. The lowest BCUT2D eigenvalue weighted by atomic mass is 10.0. The molecule has 0 aromatic carbocycles. The number of hydrogen-bond acceptors (Lipinski definition) is 7. The van der Waals surface area contributed by atoms with Crippen LogP contribution in [-0.2, 0) is 18.4 Å². The van der Waals surface area contributed by atoms with Crippen LogP contribution in [0.2, 0.25) is 0 Å². The van der Waals surface area contributed by atoms with Gasteiger partial charge in [0.15, 0.2) is 0 Å². The normalized spacial score (nSPS) is 15.2. The van der Waals surface area contributed by atoms with Gasteiger partial charge in [0, 0.05) is 6.54 Å². The van der Waals surface area contributed by atoms with E-state index in [-0.39, 0.29) is 19.6 Å². The lowest BCUT2D eigenvalue weighted by Gasteiger charge is -2.24. The maximum atomic E-state index is 12.7. The molecule has 0 heterocycles. The summed E-state index contributed by atoms with van der Waals surface area (Å²) in [6.07, 6.45) is 38.5. The second-order valence-electron chi connectivity index (χ2n) is 13.7. The number of rotatable bonds is 37. The topological polar surface area (TPSA) is 151 Å². The molecule has 0 bridgehead atoms. The van der Waals surface area contributed by atoms with Crippen LogP contribution < -0.4 is 11.1 Å². The Morgan fingerprint density at radius 2 is 1.18 bits per heavy atom. The van der Waals surface area contributed by atoms with Crippen molar-refractivity contribution < 1.29 is 33.5 Å². The molecule has 0 spiro atoms. The predicted octanol–water partition coefficient (Wildman–Crippen LogP) is 9.75. The molecule has 50 heavy (non-hydrogen) atoms. The van der Waals surface area contributed by atoms with Crippen LogP contribution in [-0.4, -0.2) is 59.0 Å². The Balaban J connectivity index is 4.15. The lowest BCUT2D eigenvalue weighted by molar-refractivity contribution is -0.124. The Kier molecular flexibility index (Phi) is 35.1. The van der Waals surface area contributed by atoms with Crippen LogP contribution >= 0.6 is 7.82 Å². The molecule has 0 fully saturated rings. The van der Waals surface area contributed by atoms with E-state index in [0.717, 1.165) is 51.4 Å². The Labute approximate surface area is 306 Å². The summed E-state index contributed by atoms with van der Waals surface area (Å²) in [6, 6.07) is -0.998. The number of phosphoric ester groups is 1. The fraction of sp³-hybridized carbons (Fsp3) is 0.825. The van der Waals surface area contributed by atoms with Crippen LogP contribution in [0.4, 0.5) is 0 Å². The molecule has 0 radical (unpaired) electrons. The van der Waals surface area contributed by atoms with Crippen molar-refractivity contribution in [1.29, 1.82) is 0 Å². The molecule has 0 aliphatic heterocycles. The highest BCUT2D eigenvalue weighted by Gasteiger charge is 2.27. The molecule has 0 saturated carbocycles. The number of carbonyl (C=O) groups is 1. The zero-order chi connectivity index (χ0) is 37.0. The molecule has 10 heteroatoms. The SMILES string of the molecule is CCC/C=C/CC/C=C/C(O)C(COP(=O)(O)OCCN)NC(=O)CC(O)CCCCCCC/C=C\CCCCCCCCCCCCCC. The Hall–Kier alpha value is -1.32. The van der Waals surface area contributed by atoms with Crippen LogP contribution in [0, 0.1) is 0 Å². The minimum Gasteiger partial charge on any atom is -0.393 e. The van der Waals surface area contributed by atoms with E-state index in [0.29, 0.717) is 12.8 Å².